The first-order valence-corrected chi connectivity index (χ1v) is 8.11. The predicted octanol–water partition coefficient (Wildman–Crippen LogP) is 3.32. The highest BCUT2D eigenvalue weighted by atomic mass is 15.0. The van der Waals surface area contributed by atoms with Gasteiger partial charge in [-0.05, 0) is 42.3 Å². The van der Waals surface area contributed by atoms with E-state index in [1.165, 1.54) is 11.1 Å². The van der Waals surface area contributed by atoms with Gasteiger partial charge in [0.1, 0.15) is 0 Å². The van der Waals surface area contributed by atoms with Crippen molar-refractivity contribution in [2.75, 3.05) is 0 Å². The molecule has 1 aromatic carbocycles. The first-order chi connectivity index (χ1) is 11.8. The van der Waals surface area contributed by atoms with Crippen LogP contribution in [0, 0.1) is 6.92 Å². The normalized spacial score (nSPS) is 13.4. The number of hydrogen-bond donors (Lipinski definition) is 2. The molecule has 0 bridgehead atoms. The fourth-order valence-electron chi connectivity index (χ4n) is 2.83. The highest BCUT2D eigenvalue weighted by Gasteiger charge is 2.23. The molecule has 2 unspecified atom stereocenters. The Labute approximate surface area is 142 Å². The lowest BCUT2D eigenvalue weighted by Gasteiger charge is -2.26. The Bertz CT molecular complexity index is 759. The van der Waals surface area contributed by atoms with Crippen LogP contribution in [0.1, 0.15) is 34.6 Å². The molecule has 0 amide bonds. The van der Waals surface area contributed by atoms with Crippen molar-refractivity contribution in [2.24, 2.45) is 5.73 Å². The number of aromatic nitrogens is 2. The van der Waals surface area contributed by atoms with E-state index in [-0.39, 0.29) is 12.1 Å². The number of nitrogens with two attached hydrogens (primary N) is 1. The van der Waals surface area contributed by atoms with Gasteiger partial charge in [-0.1, -0.05) is 36.4 Å². The van der Waals surface area contributed by atoms with Crippen LogP contribution in [0.2, 0.25) is 0 Å². The number of rotatable bonds is 6. The molecular formula is C20H22N4. The van der Waals surface area contributed by atoms with E-state index in [1.807, 2.05) is 48.5 Å². The minimum absolute atomic E-state index is 0.0388. The third-order valence-electron chi connectivity index (χ3n) is 4.14. The van der Waals surface area contributed by atoms with Gasteiger partial charge in [0.05, 0.1) is 23.5 Å². The Morgan fingerprint density at radius 1 is 0.917 bits per heavy atom. The molecule has 4 heteroatoms. The number of aryl methyl sites for hydroxylation is 1. The molecule has 3 N–H and O–H groups in total. The van der Waals surface area contributed by atoms with Crippen LogP contribution >= 0.6 is 0 Å². The van der Waals surface area contributed by atoms with Gasteiger partial charge in [0.15, 0.2) is 0 Å². The van der Waals surface area contributed by atoms with E-state index < -0.39 is 0 Å². The molecule has 0 spiro atoms. The van der Waals surface area contributed by atoms with Crippen LogP contribution < -0.4 is 11.1 Å². The molecule has 0 aliphatic carbocycles. The van der Waals surface area contributed by atoms with Crippen molar-refractivity contribution in [1.82, 2.24) is 15.3 Å². The second-order valence-electron chi connectivity index (χ2n) is 5.82. The standard InChI is InChI=1S/C20H22N4/c1-15-8-2-3-10-17(15)20(19(21)18-11-5-7-13-23-18)24-14-16-9-4-6-12-22-16/h2-13,19-20,24H,14,21H2,1H3. The fourth-order valence-corrected chi connectivity index (χ4v) is 2.83. The molecule has 0 radical (unpaired) electrons. The van der Waals surface area contributed by atoms with Gasteiger partial charge in [0.2, 0.25) is 0 Å². The predicted molar refractivity (Wildman–Crippen MR) is 96.2 cm³/mol. The second kappa shape index (κ2) is 7.81. The summed E-state index contributed by atoms with van der Waals surface area (Å²) in [4.78, 5) is 8.81. The maximum absolute atomic E-state index is 6.56. The van der Waals surface area contributed by atoms with Crippen LogP contribution in [0.4, 0.5) is 0 Å². The first kappa shape index (κ1) is 16.3. The Balaban J connectivity index is 1.87. The first-order valence-electron chi connectivity index (χ1n) is 8.11. The summed E-state index contributed by atoms with van der Waals surface area (Å²) in [6, 6.07) is 19.8. The minimum atomic E-state index is -0.240. The van der Waals surface area contributed by atoms with Crippen molar-refractivity contribution >= 4 is 0 Å². The van der Waals surface area contributed by atoms with E-state index in [2.05, 4.69) is 34.3 Å². The summed E-state index contributed by atoms with van der Waals surface area (Å²) in [5.74, 6) is 0. The molecule has 24 heavy (non-hydrogen) atoms. The fraction of sp³-hybridized carbons (Fsp3) is 0.200. The molecule has 0 saturated heterocycles. The van der Waals surface area contributed by atoms with Gasteiger partial charge in [-0.25, -0.2) is 0 Å². The van der Waals surface area contributed by atoms with E-state index in [1.54, 1.807) is 12.4 Å². The molecule has 0 fully saturated rings. The zero-order valence-electron chi connectivity index (χ0n) is 13.8. The molecule has 3 aromatic rings. The van der Waals surface area contributed by atoms with Gasteiger partial charge in [-0.2, -0.15) is 0 Å². The topological polar surface area (TPSA) is 63.8 Å². The lowest BCUT2D eigenvalue weighted by atomic mass is 9.93. The van der Waals surface area contributed by atoms with Gasteiger partial charge >= 0.3 is 0 Å². The van der Waals surface area contributed by atoms with Gasteiger partial charge < -0.3 is 11.1 Å². The van der Waals surface area contributed by atoms with Crippen LogP contribution in [-0.4, -0.2) is 9.97 Å². The Kier molecular flexibility index (Phi) is 5.31. The number of nitrogens with zero attached hydrogens (tertiary/aromatic N) is 2. The van der Waals surface area contributed by atoms with Gasteiger partial charge in [-0.3, -0.25) is 9.97 Å². The summed E-state index contributed by atoms with van der Waals surface area (Å²) in [5, 5.41) is 3.56. The summed E-state index contributed by atoms with van der Waals surface area (Å²) in [5.41, 5.74) is 10.8. The zero-order valence-corrected chi connectivity index (χ0v) is 13.8. The minimum Gasteiger partial charge on any atom is -0.321 e. The van der Waals surface area contributed by atoms with Crippen LogP contribution in [0.15, 0.2) is 73.1 Å². The molecule has 0 aliphatic rings. The monoisotopic (exact) mass is 318 g/mol. The molecule has 0 aliphatic heterocycles. The van der Waals surface area contributed by atoms with Crippen LogP contribution in [-0.2, 0) is 6.54 Å². The maximum atomic E-state index is 6.56. The molecule has 2 atom stereocenters. The third kappa shape index (κ3) is 3.85. The van der Waals surface area contributed by atoms with Crippen LogP contribution in [0.25, 0.3) is 0 Å². The molecule has 2 heterocycles. The lowest BCUT2D eigenvalue weighted by Crippen LogP contribution is -2.32. The van der Waals surface area contributed by atoms with E-state index >= 15 is 0 Å². The van der Waals surface area contributed by atoms with Gasteiger partial charge in [-0.15, -0.1) is 0 Å². The molecule has 3 rings (SSSR count). The largest absolute Gasteiger partial charge is 0.321 e. The van der Waals surface area contributed by atoms with Crippen molar-refractivity contribution in [2.45, 2.75) is 25.6 Å². The van der Waals surface area contributed by atoms with Crippen molar-refractivity contribution < 1.29 is 0 Å². The summed E-state index contributed by atoms with van der Waals surface area (Å²) in [6.07, 6.45) is 3.58. The summed E-state index contributed by atoms with van der Waals surface area (Å²) in [6.45, 7) is 2.76. The van der Waals surface area contributed by atoms with Crippen molar-refractivity contribution in [3.63, 3.8) is 0 Å². The number of hydrogen-bond acceptors (Lipinski definition) is 4. The van der Waals surface area contributed by atoms with E-state index in [0.29, 0.717) is 6.54 Å². The maximum Gasteiger partial charge on any atom is 0.0668 e. The average molecular weight is 318 g/mol. The van der Waals surface area contributed by atoms with Crippen LogP contribution in [0.3, 0.4) is 0 Å². The quantitative estimate of drug-likeness (QED) is 0.732. The van der Waals surface area contributed by atoms with E-state index in [0.717, 1.165) is 11.4 Å². The summed E-state index contributed by atoms with van der Waals surface area (Å²) >= 11 is 0. The molecule has 122 valence electrons. The number of benzene rings is 1. The zero-order chi connectivity index (χ0) is 16.8. The lowest BCUT2D eigenvalue weighted by molar-refractivity contribution is 0.441. The molecule has 4 nitrogen and oxygen atoms in total. The smallest absolute Gasteiger partial charge is 0.0668 e. The molecular weight excluding hydrogens is 296 g/mol. The highest BCUT2D eigenvalue weighted by Crippen LogP contribution is 2.28. The van der Waals surface area contributed by atoms with Crippen LogP contribution in [0.5, 0.6) is 0 Å². The van der Waals surface area contributed by atoms with Crippen molar-refractivity contribution in [3.8, 4) is 0 Å². The third-order valence-corrected chi connectivity index (χ3v) is 4.14. The van der Waals surface area contributed by atoms with E-state index in [4.69, 9.17) is 5.73 Å². The van der Waals surface area contributed by atoms with Crippen molar-refractivity contribution in [1.29, 1.82) is 0 Å². The Morgan fingerprint density at radius 3 is 2.29 bits per heavy atom. The summed E-state index contributed by atoms with van der Waals surface area (Å²) in [7, 11) is 0. The number of pyridine rings is 2. The Morgan fingerprint density at radius 2 is 1.62 bits per heavy atom. The van der Waals surface area contributed by atoms with Crippen molar-refractivity contribution in [3.05, 3.63) is 95.6 Å². The highest BCUT2D eigenvalue weighted by molar-refractivity contribution is 5.31. The van der Waals surface area contributed by atoms with Gasteiger partial charge in [0.25, 0.3) is 0 Å². The average Bonchev–Trinajstić information content (AvgIpc) is 2.64. The van der Waals surface area contributed by atoms with E-state index in [9.17, 15) is 0 Å². The second-order valence-corrected chi connectivity index (χ2v) is 5.82. The SMILES string of the molecule is Cc1ccccc1C(NCc1ccccn1)C(N)c1ccccn1. The molecule has 0 saturated carbocycles. The summed E-state index contributed by atoms with van der Waals surface area (Å²) < 4.78 is 0. The molecule has 2 aromatic heterocycles. The Hall–Kier alpha value is -2.56. The van der Waals surface area contributed by atoms with Gasteiger partial charge in [0, 0.05) is 18.9 Å². The number of nitrogens with one attached hydrogen (secondary N) is 1.